The lowest BCUT2D eigenvalue weighted by molar-refractivity contribution is -0.121. The average Bonchev–Trinajstić information content (AvgIpc) is 3.14. The Bertz CT molecular complexity index is 758. The summed E-state index contributed by atoms with van der Waals surface area (Å²) in [7, 11) is 0. The number of aromatic nitrogens is 1. The van der Waals surface area contributed by atoms with Crippen molar-refractivity contribution in [1.82, 2.24) is 14.8 Å². The first kappa shape index (κ1) is 16.6. The number of carbonyl (C=O) groups excluding carboxylic acids is 2. The van der Waals surface area contributed by atoms with E-state index in [0.717, 1.165) is 35.3 Å². The van der Waals surface area contributed by atoms with Gasteiger partial charge in [-0.15, -0.1) is 0 Å². The number of primary amides is 1. The number of hydrogen-bond acceptors (Lipinski definition) is 2. The summed E-state index contributed by atoms with van der Waals surface area (Å²) in [6.45, 7) is 1.89. The van der Waals surface area contributed by atoms with Crippen molar-refractivity contribution in [2.75, 3.05) is 13.1 Å². The van der Waals surface area contributed by atoms with Gasteiger partial charge in [0.05, 0.1) is 0 Å². The monoisotopic (exact) mass is 348 g/mol. The van der Waals surface area contributed by atoms with Gasteiger partial charge in [-0.05, 0) is 37.1 Å². The van der Waals surface area contributed by atoms with Crippen LogP contribution < -0.4 is 11.1 Å². The highest BCUT2D eigenvalue weighted by atomic mass is 35.5. The molecule has 1 aliphatic rings. The SMILES string of the molecule is NC(=O)N1CCC(NC(=O)CCCn2ccc3cc(Cl)ccc32)C1. The molecular weight excluding hydrogens is 328 g/mol. The second-order valence-electron chi connectivity index (χ2n) is 6.15. The van der Waals surface area contributed by atoms with Crippen LogP contribution in [0.25, 0.3) is 10.9 Å². The zero-order valence-electron chi connectivity index (χ0n) is 13.4. The quantitative estimate of drug-likeness (QED) is 0.869. The topological polar surface area (TPSA) is 80.4 Å². The molecule has 1 aromatic carbocycles. The molecule has 1 unspecified atom stereocenters. The Morgan fingerprint density at radius 2 is 2.17 bits per heavy atom. The molecule has 2 aromatic rings. The van der Waals surface area contributed by atoms with Crippen LogP contribution >= 0.6 is 11.6 Å². The third-order valence-electron chi connectivity index (χ3n) is 4.40. The van der Waals surface area contributed by atoms with Crippen molar-refractivity contribution in [1.29, 1.82) is 0 Å². The zero-order valence-corrected chi connectivity index (χ0v) is 14.1. The molecule has 0 aliphatic carbocycles. The van der Waals surface area contributed by atoms with Crippen molar-refractivity contribution in [3.05, 3.63) is 35.5 Å². The molecule has 1 aliphatic heterocycles. The van der Waals surface area contributed by atoms with Crippen LogP contribution in [0.3, 0.4) is 0 Å². The summed E-state index contributed by atoms with van der Waals surface area (Å²) in [6.07, 6.45) is 3.99. The van der Waals surface area contributed by atoms with E-state index in [-0.39, 0.29) is 11.9 Å². The number of nitrogens with one attached hydrogen (secondary N) is 1. The standard InChI is InChI=1S/C17H21ClN4O2/c18-13-3-4-15-12(10-13)5-8-21(15)7-1-2-16(23)20-14-6-9-22(11-14)17(19)24/h3-5,8,10,14H,1-2,6-7,9,11H2,(H2,19,24)(H,20,23). The molecule has 0 bridgehead atoms. The van der Waals surface area contributed by atoms with E-state index in [2.05, 4.69) is 9.88 Å². The highest BCUT2D eigenvalue weighted by Gasteiger charge is 2.25. The Labute approximate surface area is 145 Å². The van der Waals surface area contributed by atoms with Crippen molar-refractivity contribution in [2.24, 2.45) is 5.73 Å². The van der Waals surface area contributed by atoms with Gasteiger partial charge in [0.25, 0.3) is 0 Å². The van der Waals surface area contributed by atoms with Crippen molar-refractivity contribution < 1.29 is 9.59 Å². The Morgan fingerprint density at radius 1 is 1.33 bits per heavy atom. The van der Waals surface area contributed by atoms with E-state index in [1.165, 1.54) is 0 Å². The maximum Gasteiger partial charge on any atom is 0.314 e. The normalized spacial score (nSPS) is 17.4. The maximum absolute atomic E-state index is 12.0. The molecule has 1 aromatic heterocycles. The van der Waals surface area contributed by atoms with Gasteiger partial charge in [0.2, 0.25) is 5.91 Å². The molecule has 0 radical (unpaired) electrons. The minimum atomic E-state index is -0.425. The predicted molar refractivity (Wildman–Crippen MR) is 93.9 cm³/mol. The number of likely N-dealkylation sites (tertiary alicyclic amines) is 1. The number of nitrogens with zero attached hydrogens (tertiary/aromatic N) is 2. The molecule has 3 rings (SSSR count). The first-order chi connectivity index (χ1) is 11.5. The lowest BCUT2D eigenvalue weighted by Gasteiger charge is -2.14. The molecule has 0 saturated carbocycles. The number of fused-ring (bicyclic) bond motifs is 1. The number of hydrogen-bond donors (Lipinski definition) is 2. The van der Waals surface area contributed by atoms with Gasteiger partial charge in [0.1, 0.15) is 0 Å². The number of urea groups is 1. The van der Waals surface area contributed by atoms with Gasteiger partial charge in [-0.1, -0.05) is 11.6 Å². The summed E-state index contributed by atoms with van der Waals surface area (Å²) in [4.78, 5) is 24.7. The fourth-order valence-corrected chi connectivity index (χ4v) is 3.33. The van der Waals surface area contributed by atoms with E-state index < -0.39 is 6.03 Å². The predicted octanol–water partition coefficient (Wildman–Crippen LogP) is 2.34. The molecule has 3 amide bonds. The van der Waals surface area contributed by atoms with Gasteiger partial charge in [-0.25, -0.2) is 4.79 Å². The van der Waals surface area contributed by atoms with Crippen LogP contribution in [0.2, 0.25) is 5.02 Å². The van der Waals surface area contributed by atoms with E-state index in [1.807, 2.05) is 30.5 Å². The van der Waals surface area contributed by atoms with Gasteiger partial charge in [-0.2, -0.15) is 0 Å². The summed E-state index contributed by atoms with van der Waals surface area (Å²) >= 11 is 5.99. The van der Waals surface area contributed by atoms with Gasteiger partial charge in [-0.3, -0.25) is 4.79 Å². The van der Waals surface area contributed by atoms with Crippen molar-refractivity contribution in [2.45, 2.75) is 31.8 Å². The summed E-state index contributed by atoms with van der Waals surface area (Å²) < 4.78 is 2.13. The Balaban J connectivity index is 1.46. The molecule has 6 nitrogen and oxygen atoms in total. The molecule has 7 heteroatoms. The number of nitrogens with two attached hydrogens (primary N) is 1. The van der Waals surface area contributed by atoms with Crippen LogP contribution in [0.4, 0.5) is 4.79 Å². The molecule has 24 heavy (non-hydrogen) atoms. The third kappa shape index (κ3) is 3.82. The molecule has 1 atom stereocenters. The summed E-state index contributed by atoms with van der Waals surface area (Å²) in [5.74, 6) is 0.0193. The largest absolute Gasteiger partial charge is 0.352 e. The Hall–Kier alpha value is -2.21. The first-order valence-electron chi connectivity index (χ1n) is 8.11. The van der Waals surface area contributed by atoms with E-state index in [9.17, 15) is 9.59 Å². The molecule has 0 spiro atoms. The number of rotatable bonds is 5. The van der Waals surface area contributed by atoms with Crippen molar-refractivity contribution in [3.8, 4) is 0 Å². The lowest BCUT2D eigenvalue weighted by Crippen LogP contribution is -2.40. The van der Waals surface area contributed by atoms with Crippen LogP contribution in [0.5, 0.6) is 0 Å². The summed E-state index contributed by atoms with van der Waals surface area (Å²) in [5.41, 5.74) is 6.36. The second kappa shape index (κ2) is 7.13. The van der Waals surface area contributed by atoms with Gasteiger partial charge in [0, 0.05) is 54.2 Å². The van der Waals surface area contributed by atoms with Crippen molar-refractivity contribution >= 4 is 34.4 Å². The van der Waals surface area contributed by atoms with Crippen LogP contribution in [-0.2, 0) is 11.3 Å². The first-order valence-corrected chi connectivity index (χ1v) is 8.49. The summed E-state index contributed by atoms with van der Waals surface area (Å²) in [5, 5.41) is 4.80. The van der Waals surface area contributed by atoms with Gasteiger partial charge < -0.3 is 20.5 Å². The van der Waals surface area contributed by atoms with E-state index in [0.29, 0.717) is 19.5 Å². The Kier molecular flexibility index (Phi) is 4.94. The van der Waals surface area contributed by atoms with Crippen LogP contribution in [0.15, 0.2) is 30.5 Å². The fraction of sp³-hybridized carbons (Fsp3) is 0.412. The van der Waals surface area contributed by atoms with E-state index in [1.54, 1.807) is 4.90 Å². The van der Waals surface area contributed by atoms with Gasteiger partial charge >= 0.3 is 6.03 Å². The number of amides is 3. The molecule has 3 N–H and O–H groups in total. The highest BCUT2D eigenvalue weighted by Crippen LogP contribution is 2.20. The summed E-state index contributed by atoms with van der Waals surface area (Å²) in [6, 6.07) is 7.42. The second-order valence-corrected chi connectivity index (χ2v) is 6.59. The van der Waals surface area contributed by atoms with Crippen LogP contribution in [0, 0.1) is 0 Å². The molecule has 1 saturated heterocycles. The lowest BCUT2D eigenvalue weighted by atomic mass is 10.2. The maximum atomic E-state index is 12.0. The molecule has 128 valence electrons. The number of halogens is 1. The minimum Gasteiger partial charge on any atom is -0.352 e. The number of benzene rings is 1. The zero-order chi connectivity index (χ0) is 17.1. The van der Waals surface area contributed by atoms with Gasteiger partial charge in [0.15, 0.2) is 0 Å². The van der Waals surface area contributed by atoms with Crippen LogP contribution in [-0.4, -0.2) is 40.5 Å². The Morgan fingerprint density at radius 3 is 2.92 bits per heavy atom. The number of aryl methyl sites for hydroxylation is 1. The molecule has 2 heterocycles. The third-order valence-corrected chi connectivity index (χ3v) is 4.64. The molecular formula is C17H21ClN4O2. The van der Waals surface area contributed by atoms with E-state index >= 15 is 0 Å². The fourth-order valence-electron chi connectivity index (χ4n) is 3.15. The number of carbonyl (C=O) groups is 2. The minimum absolute atomic E-state index is 0.0135. The van der Waals surface area contributed by atoms with Crippen molar-refractivity contribution in [3.63, 3.8) is 0 Å². The smallest absolute Gasteiger partial charge is 0.314 e. The van der Waals surface area contributed by atoms with Crippen LogP contribution in [0.1, 0.15) is 19.3 Å². The molecule has 1 fully saturated rings. The van der Waals surface area contributed by atoms with E-state index in [4.69, 9.17) is 17.3 Å². The average molecular weight is 349 g/mol. The highest BCUT2D eigenvalue weighted by molar-refractivity contribution is 6.31.